The number of anilines is 1. The maximum absolute atomic E-state index is 5.78. The summed E-state index contributed by atoms with van der Waals surface area (Å²) in [5.41, 5.74) is 8.06. The quantitative estimate of drug-likeness (QED) is 0.557. The van der Waals surface area contributed by atoms with Crippen LogP contribution in [-0.2, 0) is 0 Å². The van der Waals surface area contributed by atoms with E-state index in [0.29, 0.717) is 17.2 Å². The van der Waals surface area contributed by atoms with Gasteiger partial charge in [0, 0.05) is 11.7 Å². The monoisotopic (exact) mass is 192 g/mol. The van der Waals surface area contributed by atoms with Crippen LogP contribution in [0.1, 0.15) is 25.6 Å². The minimum atomic E-state index is 0.294. The molecule has 0 bridgehead atoms. The zero-order valence-corrected chi connectivity index (χ0v) is 8.98. The Morgan fingerprint density at radius 1 is 1.62 bits per heavy atom. The topological polar surface area (TPSA) is 38.4 Å². The van der Waals surface area contributed by atoms with Crippen LogP contribution >= 0.6 is 11.3 Å². The van der Waals surface area contributed by atoms with E-state index in [2.05, 4.69) is 4.99 Å². The van der Waals surface area contributed by atoms with E-state index in [1.165, 1.54) is 0 Å². The molecule has 0 saturated heterocycles. The minimum absolute atomic E-state index is 0.294. The molecule has 0 fully saturated rings. The van der Waals surface area contributed by atoms with Gasteiger partial charge in [-0.05, 0) is 26.2 Å². The Morgan fingerprint density at radius 2 is 2.23 bits per heavy atom. The van der Waals surface area contributed by atoms with Gasteiger partial charge in [0.15, 0.2) is 0 Å². The third-order valence-electron chi connectivity index (χ3n) is 1.64. The van der Waals surface area contributed by atoms with Crippen LogP contribution < -0.4 is 11.2 Å². The van der Waals surface area contributed by atoms with Gasteiger partial charge in [0.1, 0.15) is 7.85 Å². The van der Waals surface area contributed by atoms with Crippen LogP contribution in [0.15, 0.2) is 10.4 Å². The fraction of sp³-hybridized carbons (Fsp3) is 0.444. The summed E-state index contributed by atoms with van der Waals surface area (Å²) in [5.74, 6) is 0. The number of aliphatic imine (C=N–C) groups is 1. The summed E-state index contributed by atoms with van der Waals surface area (Å²) in [5, 5.41) is 1.85. The molecule has 4 heteroatoms. The van der Waals surface area contributed by atoms with E-state index in [-0.39, 0.29) is 0 Å². The van der Waals surface area contributed by atoms with E-state index in [0.717, 1.165) is 10.6 Å². The zero-order valence-electron chi connectivity index (χ0n) is 8.16. The summed E-state index contributed by atoms with van der Waals surface area (Å²) in [7, 11) is 5.64. The van der Waals surface area contributed by atoms with Crippen molar-refractivity contribution in [3.63, 3.8) is 0 Å². The minimum Gasteiger partial charge on any atom is -0.398 e. The van der Waals surface area contributed by atoms with E-state index < -0.39 is 0 Å². The SMILES string of the molecule is [B]c1csc(C(C)=NC(C)C)c1N. The Labute approximate surface area is 84.3 Å². The molecule has 1 aromatic rings. The molecule has 0 amide bonds. The lowest BCUT2D eigenvalue weighted by molar-refractivity contribution is 0.836. The van der Waals surface area contributed by atoms with Crippen molar-refractivity contribution in [2.45, 2.75) is 26.8 Å². The van der Waals surface area contributed by atoms with Crippen LogP contribution in [0, 0.1) is 0 Å². The number of nitrogens with two attached hydrogens (primary N) is 1. The molecule has 2 N–H and O–H groups in total. The van der Waals surface area contributed by atoms with E-state index in [1.54, 1.807) is 11.3 Å². The molecule has 1 heterocycles. The molecule has 0 unspecified atom stereocenters. The van der Waals surface area contributed by atoms with Crippen LogP contribution in [0.2, 0.25) is 0 Å². The molecular formula is C9H13BN2S. The van der Waals surface area contributed by atoms with Crippen LogP contribution in [-0.4, -0.2) is 19.6 Å². The highest BCUT2D eigenvalue weighted by Gasteiger charge is 2.07. The molecule has 0 spiro atoms. The first-order valence-corrected chi connectivity index (χ1v) is 5.07. The Kier molecular flexibility index (Phi) is 3.14. The van der Waals surface area contributed by atoms with Crippen LogP contribution in [0.3, 0.4) is 0 Å². The number of thiophene rings is 1. The highest BCUT2D eigenvalue weighted by Crippen LogP contribution is 2.17. The van der Waals surface area contributed by atoms with Gasteiger partial charge in [-0.3, -0.25) is 4.99 Å². The third-order valence-corrected chi connectivity index (χ3v) is 2.76. The fourth-order valence-corrected chi connectivity index (χ4v) is 1.95. The summed E-state index contributed by atoms with van der Waals surface area (Å²) in [6.07, 6.45) is 0. The molecule has 0 aliphatic heterocycles. The number of hydrogen-bond donors (Lipinski definition) is 1. The standard InChI is InChI=1S/C9H13BN2S/c1-5(2)12-6(3)9-8(11)7(10)4-13-9/h4-5H,11H2,1-3H3. The first-order valence-electron chi connectivity index (χ1n) is 4.19. The number of rotatable bonds is 2. The summed E-state index contributed by atoms with van der Waals surface area (Å²) in [6.45, 7) is 6.04. The molecule has 2 nitrogen and oxygen atoms in total. The molecule has 0 aliphatic rings. The van der Waals surface area contributed by atoms with Crippen molar-refractivity contribution < 1.29 is 0 Å². The van der Waals surface area contributed by atoms with Crippen LogP contribution in [0.5, 0.6) is 0 Å². The van der Waals surface area contributed by atoms with Gasteiger partial charge in [-0.1, -0.05) is 5.46 Å². The highest BCUT2D eigenvalue weighted by molar-refractivity contribution is 7.13. The van der Waals surface area contributed by atoms with E-state index >= 15 is 0 Å². The maximum Gasteiger partial charge on any atom is 0.117 e. The summed E-state index contributed by atoms with van der Waals surface area (Å²) >= 11 is 1.55. The Hall–Kier alpha value is -0.765. The van der Waals surface area contributed by atoms with Gasteiger partial charge >= 0.3 is 0 Å². The molecule has 0 saturated carbocycles. The van der Waals surface area contributed by atoms with Crippen molar-refractivity contribution in [1.29, 1.82) is 0 Å². The molecule has 13 heavy (non-hydrogen) atoms. The van der Waals surface area contributed by atoms with E-state index in [1.807, 2.05) is 26.2 Å². The molecule has 68 valence electrons. The van der Waals surface area contributed by atoms with Crippen molar-refractivity contribution in [2.24, 2.45) is 4.99 Å². The van der Waals surface area contributed by atoms with E-state index in [4.69, 9.17) is 13.6 Å². The van der Waals surface area contributed by atoms with Crippen molar-refractivity contribution >= 4 is 36.0 Å². The molecule has 1 aromatic heterocycles. The van der Waals surface area contributed by atoms with Crippen molar-refractivity contribution in [1.82, 2.24) is 0 Å². The van der Waals surface area contributed by atoms with Crippen LogP contribution in [0.25, 0.3) is 0 Å². The van der Waals surface area contributed by atoms with Gasteiger partial charge in [-0.2, -0.15) is 0 Å². The number of nitrogens with zero attached hydrogens (tertiary/aromatic N) is 1. The number of hydrogen-bond acceptors (Lipinski definition) is 3. The Bertz CT molecular complexity index is 328. The number of nitrogen functional groups attached to an aromatic ring is 1. The summed E-state index contributed by atoms with van der Waals surface area (Å²) in [4.78, 5) is 5.41. The van der Waals surface area contributed by atoms with Crippen molar-refractivity contribution in [3.05, 3.63) is 10.3 Å². The van der Waals surface area contributed by atoms with Gasteiger partial charge in [-0.15, -0.1) is 11.3 Å². The molecule has 0 aromatic carbocycles. The average molecular weight is 192 g/mol. The molecule has 0 atom stereocenters. The molecule has 1 rings (SSSR count). The lowest BCUT2D eigenvalue weighted by atomic mass is 9.97. The molecular weight excluding hydrogens is 179 g/mol. The summed E-state index contributed by atoms with van der Waals surface area (Å²) < 4.78 is 0. The second-order valence-electron chi connectivity index (χ2n) is 3.24. The lowest BCUT2D eigenvalue weighted by Crippen LogP contribution is -2.08. The normalized spacial score (nSPS) is 12.5. The van der Waals surface area contributed by atoms with Crippen molar-refractivity contribution in [2.75, 3.05) is 5.73 Å². The lowest BCUT2D eigenvalue weighted by Gasteiger charge is -2.02. The average Bonchev–Trinajstić information content (AvgIpc) is 2.31. The van der Waals surface area contributed by atoms with Crippen LogP contribution in [0.4, 0.5) is 5.69 Å². The predicted octanol–water partition coefficient (Wildman–Crippen LogP) is 1.34. The second kappa shape index (κ2) is 3.96. The second-order valence-corrected chi connectivity index (χ2v) is 4.12. The predicted molar refractivity (Wildman–Crippen MR) is 61.5 cm³/mol. The zero-order chi connectivity index (χ0) is 10.0. The van der Waals surface area contributed by atoms with E-state index in [9.17, 15) is 0 Å². The van der Waals surface area contributed by atoms with Gasteiger partial charge in [0.2, 0.25) is 0 Å². The van der Waals surface area contributed by atoms with Crippen molar-refractivity contribution in [3.8, 4) is 0 Å². The Balaban J connectivity index is 3.02. The largest absolute Gasteiger partial charge is 0.398 e. The Morgan fingerprint density at radius 3 is 2.62 bits per heavy atom. The smallest absolute Gasteiger partial charge is 0.117 e. The third kappa shape index (κ3) is 2.34. The highest BCUT2D eigenvalue weighted by atomic mass is 32.1. The fourth-order valence-electron chi connectivity index (χ4n) is 1.11. The van der Waals surface area contributed by atoms with Gasteiger partial charge < -0.3 is 5.73 Å². The summed E-state index contributed by atoms with van der Waals surface area (Å²) in [6, 6.07) is 0.294. The first-order chi connectivity index (χ1) is 6.02. The molecule has 0 aliphatic carbocycles. The first kappa shape index (κ1) is 10.3. The molecule has 2 radical (unpaired) electrons. The maximum atomic E-state index is 5.78. The van der Waals surface area contributed by atoms with Gasteiger partial charge in [-0.25, -0.2) is 0 Å². The van der Waals surface area contributed by atoms with Gasteiger partial charge in [0.25, 0.3) is 0 Å². The van der Waals surface area contributed by atoms with Gasteiger partial charge in [0.05, 0.1) is 10.6 Å².